The summed E-state index contributed by atoms with van der Waals surface area (Å²) in [5.41, 5.74) is -1.33. The van der Waals surface area contributed by atoms with E-state index in [0.717, 1.165) is 25.7 Å². The maximum atomic E-state index is 14.8. The molecule has 9 rings (SSSR count). The molecule has 5 aliphatic carbocycles. The minimum atomic E-state index is -2.03. The van der Waals surface area contributed by atoms with Crippen LogP contribution >= 0.6 is 0 Å². The minimum Gasteiger partial charge on any atom is -0.479 e. The van der Waals surface area contributed by atoms with Crippen molar-refractivity contribution in [2.45, 2.75) is 235 Å². The van der Waals surface area contributed by atoms with Gasteiger partial charge in [0.25, 0.3) is 0 Å². The highest BCUT2D eigenvalue weighted by Crippen LogP contribution is 2.76. The van der Waals surface area contributed by atoms with Gasteiger partial charge in [-0.05, 0) is 109 Å². The lowest BCUT2D eigenvalue weighted by Crippen LogP contribution is -2.68. The van der Waals surface area contributed by atoms with Crippen molar-refractivity contribution in [2.24, 2.45) is 50.2 Å². The number of esters is 1. The first-order chi connectivity index (χ1) is 35.5. The predicted octanol–water partition coefficient (Wildman–Crippen LogP) is -1.30. The van der Waals surface area contributed by atoms with Crippen LogP contribution in [0.2, 0.25) is 0 Å². The number of hydrogen-bond donors (Lipinski definition) is 13. The number of fused-ring (bicyclic) bond motifs is 7. The molecule has 27 atom stereocenters. The SMILES string of the molecule is CC1(C)CC[C@]2(C(=O)O[C@@H]3O[C@H](CO)[C@@H](O)[C@H](O)[C@H]3O)CC[C@]3(C)C(=CC[C@@H]4[C@@]5(C)CC[C@H](O[C@@H]6O[C@H](C(=O)O)[C@@H](O[C@@H]7O[C@@H](CO)[C@H](O)C7O)[C@H](O[C@@H]7O[C@H](CO)[C@@H](O)[C@H](O)[C@H]7O)[C@H]6O)C(C)(C)[C@@H]5CC[C@]43C)[C@@H]2C1. The lowest BCUT2D eigenvalue weighted by molar-refractivity contribution is -0.378. The molecule has 0 amide bonds. The van der Waals surface area contributed by atoms with Gasteiger partial charge in [-0.2, -0.15) is 0 Å². The van der Waals surface area contributed by atoms with E-state index in [9.17, 15) is 76.0 Å². The molecular weight excluding hydrogens is 1000 g/mol. The molecule has 0 bridgehead atoms. The average molecular weight is 1090 g/mol. The Balaban J connectivity index is 0.970. The van der Waals surface area contributed by atoms with Gasteiger partial charge in [0.2, 0.25) is 6.29 Å². The number of aliphatic carboxylic acids is 1. The first-order valence-electron chi connectivity index (χ1n) is 27.2. The number of aliphatic hydroxyl groups is 12. The highest BCUT2D eigenvalue weighted by atomic mass is 16.8. The van der Waals surface area contributed by atoms with E-state index < -0.39 is 165 Å². The predicted molar refractivity (Wildman–Crippen MR) is 257 cm³/mol. The summed E-state index contributed by atoms with van der Waals surface area (Å²) < 4.78 is 47.6. The zero-order valence-corrected chi connectivity index (χ0v) is 44.4. The number of hydrogen-bond acceptors (Lipinski definition) is 22. The standard InChI is InChI=1S/C53H84O23/c1-48(2)14-16-53(47(68)76-45-37(64)34(61)31(58)25(20-55)71-45)17-15-51(6)22(23(53)18-48)8-9-28-50(5)12-11-29(49(3,4)27(50)10-13-52(28,51)7)72-46-38(65)39(73-44-36(63)33(60)30(57)24(19-54)69-44)40(41(75-46)42(66)67)74-43-35(62)32(59)26(21-56)70-43/h8,23-41,43-46,54-65H,9-21H2,1-7H3,(H,66,67)/t23-,24+,25+,26-,27-,28+,29-,30+,31+,32-,33-,34-,35?,36+,37+,38+,39+,40-,41-,43-,44-,45-,46+,50-,51+,52+,53-/m0/s1. The van der Waals surface area contributed by atoms with Crippen LogP contribution in [0.25, 0.3) is 0 Å². The van der Waals surface area contributed by atoms with E-state index in [1.54, 1.807) is 0 Å². The van der Waals surface area contributed by atoms with Crippen LogP contribution in [-0.4, -0.2) is 221 Å². The van der Waals surface area contributed by atoms with Gasteiger partial charge < -0.3 is 104 Å². The van der Waals surface area contributed by atoms with Crippen LogP contribution in [0.4, 0.5) is 0 Å². The van der Waals surface area contributed by atoms with E-state index in [0.29, 0.717) is 38.5 Å². The summed E-state index contributed by atoms with van der Waals surface area (Å²) in [6.45, 7) is 13.5. The topological polar surface area (TPSA) is 371 Å². The molecule has 8 fully saturated rings. The lowest BCUT2D eigenvalue weighted by Gasteiger charge is -2.71. The van der Waals surface area contributed by atoms with E-state index in [1.807, 2.05) is 0 Å². The summed E-state index contributed by atoms with van der Waals surface area (Å²) in [6, 6.07) is 0. The number of carbonyl (C=O) groups excluding carboxylic acids is 1. The summed E-state index contributed by atoms with van der Waals surface area (Å²) in [7, 11) is 0. The first-order valence-corrected chi connectivity index (χ1v) is 27.2. The Bertz CT molecular complexity index is 2140. The molecule has 0 spiro atoms. The molecule has 76 heavy (non-hydrogen) atoms. The van der Waals surface area contributed by atoms with Crippen molar-refractivity contribution in [3.63, 3.8) is 0 Å². The molecule has 1 unspecified atom stereocenters. The fourth-order valence-corrected chi connectivity index (χ4v) is 16.3. The summed E-state index contributed by atoms with van der Waals surface area (Å²) in [4.78, 5) is 27.9. The van der Waals surface area contributed by atoms with Crippen molar-refractivity contribution in [1.82, 2.24) is 0 Å². The molecule has 0 aromatic rings. The van der Waals surface area contributed by atoms with Crippen LogP contribution in [0.15, 0.2) is 11.6 Å². The van der Waals surface area contributed by atoms with Gasteiger partial charge in [-0.15, -0.1) is 0 Å². The molecule has 4 aliphatic heterocycles. The van der Waals surface area contributed by atoms with Crippen LogP contribution in [0.3, 0.4) is 0 Å². The number of ether oxygens (including phenoxy) is 8. The van der Waals surface area contributed by atoms with Crippen molar-refractivity contribution in [1.29, 1.82) is 0 Å². The number of carbonyl (C=O) groups is 2. The van der Waals surface area contributed by atoms with Gasteiger partial charge in [0.15, 0.2) is 25.0 Å². The smallest absolute Gasteiger partial charge is 0.335 e. The van der Waals surface area contributed by atoms with Crippen LogP contribution in [0, 0.1) is 50.2 Å². The quantitative estimate of drug-likeness (QED) is 0.0613. The second-order valence-corrected chi connectivity index (χ2v) is 25.8. The van der Waals surface area contributed by atoms with E-state index in [4.69, 9.17) is 37.9 Å². The highest BCUT2D eigenvalue weighted by Gasteiger charge is 2.70. The van der Waals surface area contributed by atoms with Gasteiger partial charge in [0.1, 0.15) is 85.5 Å². The fourth-order valence-electron chi connectivity index (χ4n) is 16.3. The Kier molecular flexibility index (Phi) is 16.2. The van der Waals surface area contributed by atoms with E-state index in [1.165, 1.54) is 5.57 Å². The first kappa shape index (κ1) is 58.6. The molecule has 4 heterocycles. The van der Waals surface area contributed by atoms with Gasteiger partial charge in [-0.1, -0.05) is 60.1 Å². The summed E-state index contributed by atoms with van der Waals surface area (Å²) in [5.74, 6) is -2.16. The van der Waals surface area contributed by atoms with E-state index in [2.05, 4.69) is 54.5 Å². The lowest BCUT2D eigenvalue weighted by atomic mass is 9.33. The largest absolute Gasteiger partial charge is 0.479 e. The Hall–Kier alpha value is -2.08. The van der Waals surface area contributed by atoms with Gasteiger partial charge in [0, 0.05) is 0 Å². The summed E-state index contributed by atoms with van der Waals surface area (Å²) in [6.07, 6.45) is -24.5. The zero-order chi connectivity index (χ0) is 55.6. The number of carboxylic acids is 1. The van der Waals surface area contributed by atoms with E-state index in [-0.39, 0.29) is 39.4 Å². The Morgan fingerprint density at radius 1 is 0.566 bits per heavy atom. The molecule has 9 aliphatic rings. The molecule has 0 aromatic carbocycles. The summed E-state index contributed by atoms with van der Waals surface area (Å²) in [5, 5.41) is 138. The third kappa shape index (κ3) is 9.33. The van der Waals surface area contributed by atoms with Gasteiger partial charge >= 0.3 is 11.9 Å². The van der Waals surface area contributed by atoms with Crippen LogP contribution < -0.4 is 0 Å². The van der Waals surface area contributed by atoms with Crippen molar-refractivity contribution in [3.8, 4) is 0 Å². The fraction of sp³-hybridized carbons (Fsp3) is 0.925. The van der Waals surface area contributed by atoms with Crippen molar-refractivity contribution < 1.29 is 114 Å². The number of carboxylic acid groups (broad SMARTS) is 1. The van der Waals surface area contributed by atoms with Crippen molar-refractivity contribution in [3.05, 3.63) is 11.6 Å². The van der Waals surface area contributed by atoms with Crippen LogP contribution in [0.1, 0.15) is 113 Å². The Labute approximate surface area is 442 Å². The molecule has 23 heteroatoms. The van der Waals surface area contributed by atoms with Crippen LogP contribution in [0.5, 0.6) is 0 Å². The second-order valence-electron chi connectivity index (χ2n) is 25.8. The van der Waals surface area contributed by atoms with Gasteiger partial charge in [0.05, 0.1) is 31.3 Å². The Morgan fingerprint density at radius 3 is 1.66 bits per heavy atom. The third-order valence-electron chi connectivity index (χ3n) is 21.0. The van der Waals surface area contributed by atoms with Crippen molar-refractivity contribution >= 4 is 11.9 Å². The Morgan fingerprint density at radius 2 is 1.08 bits per heavy atom. The number of rotatable bonds is 12. The highest BCUT2D eigenvalue weighted by molar-refractivity contribution is 5.79. The molecule has 0 radical (unpaired) electrons. The molecule has 4 saturated carbocycles. The van der Waals surface area contributed by atoms with Crippen molar-refractivity contribution in [2.75, 3.05) is 19.8 Å². The third-order valence-corrected chi connectivity index (χ3v) is 21.0. The summed E-state index contributed by atoms with van der Waals surface area (Å²) >= 11 is 0. The molecule has 23 nitrogen and oxygen atoms in total. The molecule has 0 aromatic heterocycles. The van der Waals surface area contributed by atoms with Crippen LogP contribution in [-0.2, 0) is 47.5 Å². The normalized spacial score (nSPS) is 52.8. The molecule has 4 saturated heterocycles. The molecular formula is C53H84O23. The van der Waals surface area contributed by atoms with E-state index >= 15 is 0 Å². The van der Waals surface area contributed by atoms with Gasteiger partial charge in [-0.3, -0.25) is 4.79 Å². The zero-order valence-electron chi connectivity index (χ0n) is 44.4. The minimum absolute atomic E-state index is 0.0281. The average Bonchev–Trinajstić information content (AvgIpc) is 3.66. The second kappa shape index (κ2) is 21.0. The number of aliphatic hydroxyl groups excluding tert-OH is 12. The molecule has 13 N–H and O–H groups in total. The maximum absolute atomic E-state index is 14.8. The monoisotopic (exact) mass is 1090 g/mol. The van der Waals surface area contributed by atoms with Gasteiger partial charge in [-0.25, -0.2) is 4.79 Å². The maximum Gasteiger partial charge on any atom is 0.335 e. The number of allylic oxidation sites excluding steroid dienone is 2. The molecule has 434 valence electrons.